The van der Waals surface area contributed by atoms with E-state index < -0.39 is 0 Å². The second-order valence-electron chi connectivity index (χ2n) is 4.97. The molecule has 0 aliphatic carbocycles. The van der Waals surface area contributed by atoms with Gasteiger partial charge >= 0.3 is 0 Å². The van der Waals surface area contributed by atoms with E-state index >= 15 is 0 Å². The molecule has 1 aliphatic heterocycles. The van der Waals surface area contributed by atoms with Crippen LogP contribution in [-0.2, 0) is 4.79 Å². The van der Waals surface area contributed by atoms with Gasteiger partial charge in [-0.3, -0.25) is 4.79 Å². The molecule has 1 fully saturated rings. The van der Waals surface area contributed by atoms with Gasteiger partial charge in [-0.2, -0.15) is 11.8 Å². The topological polar surface area (TPSA) is 41.1 Å². The average molecular weight is 258 g/mol. The first-order valence-electron chi connectivity index (χ1n) is 6.75. The van der Waals surface area contributed by atoms with Gasteiger partial charge in [0.25, 0.3) is 0 Å². The first-order valence-corrected chi connectivity index (χ1v) is 7.90. The van der Waals surface area contributed by atoms with E-state index in [0.717, 1.165) is 37.3 Å². The third kappa shape index (κ3) is 5.77. The minimum Gasteiger partial charge on any atom is -0.353 e. The standard InChI is InChI=1S/C13H26N2OS/c1-4-17-8-6-10(2)15-13(16)12-5-7-14-11(3)9-12/h10-12,14H,4-9H2,1-3H3,(H,15,16)/t10?,11-,12-/m0/s1. The molecule has 17 heavy (non-hydrogen) atoms. The van der Waals surface area contributed by atoms with Crippen LogP contribution in [-0.4, -0.2) is 36.0 Å². The summed E-state index contributed by atoms with van der Waals surface area (Å²) >= 11 is 1.94. The number of nitrogens with one attached hydrogen (secondary N) is 2. The van der Waals surface area contributed by atoms with Crippen LogP contribution in [0.3, 0.4) is 0 Å². The molecule has 1 unspecified atom stereocenters. The highest BCUT2D eigenvalue weighted by Gasteiger charge is 2.25. The Balaban J connectivity index is 2.22. The molecule has 1 rings (SSSR count). The average Bonchev–Trinajstić information content (AvgIpc) is 2.29. The van der Waals surface area contributed by atoms with Crippen molar-refractivity contribution in [3.05, 3.63) is 0 Å². The number of carbonyl (C=O) groups is 1. The summed E-state index contributed by atoms with van der Waals surface area (Å²) in [6.07, 6.45) is 3.03. The summed E-state index contributed by atoms with van der Waals surface area (Å²) in [5.41, 5.74) is 0. The van der Waals surface area contributed by atoms with Crippen molar-refractivity contribution in [2.45, 2.75) is 52.1 Å². The van der Waals surface area contributed by atoms with Crippen LogP contribution in [0.4, 0.5) is 0 Å². The fourth-order valence-corrected chi connectivity index (χ4v) is 3.02. The van der Waals surface area contributed by atoms with Crippen LogP contribution in [0.15, 0.2) is 0 Å². The number of carbonyl (C=O) groups excluding carboxylic acids is 1. The molecule has 1 saturated heterocycles. The molecule has 0 saturated carbocycles. The van der Waals surface area contributed by atoms with Gasteiger partial charge in [0.1, 0.15) is 0 Å². The van der Waals surface area contributed by atoms with Crippen LogP contribution < -0.4 is 10.6 Å². The van der Waals surface area contributed by atoms with Crippen molar-refractivity contribution in [2.24, 2.45) is 5.92 Å². The Hall–Kier alpha value is -0.220. The van der Waals surface area contributed by atoms with Crippen molar-refractivity contribution in [1.82, 2.24) is 10.6 Å². The van der Waals surface area contributed by atoms with Gasteiger partial charge in [-0.1, -0.05) is 6.92 Å². The quantitative estimate of drug-likeness (QED) is 0.716. The number of hydrogen-bond donors (Lipinski definition) is 2. The summed E-state index contributed by atoms with van der Waals surface area (Å²) < 4.78 is 0. The summed E-state index contributed by atoms with van der Waals surface area (Å²) in [6, 6.07) is 0.789. The zero-order valence-electron chi connectivity index (χ0n) is 11.3. The van der Waals surface area contributed by atoms with Crippen LogP contribution in [0, 0.1) is 5.92 Å². The van der Waals surface area contributed by atoms with Crippen molar-refractivity contribution in [3.8, 4) is 0 Å². The van der Waals surface area contributed by atoms with E-state index in [1.54, 1.807) is 0 Å². The number of amides is 1. The van der Waals surface area contributed by atoms with E-state index in [9.17, 15) is 4.79 Å². The predicted octanol–water partition coefficient (Wildman–Crippen LogP) is 2.02. The van der Waals surface area contributed by atoms with Crippen molar-refractivity contribution >= 4 is 17.7 Å². The Morgan fingerprint density at radius 1 is 1.59 bits per heavy atom. The number of thioether (sulfide) groups is 1. The lowest BCUT2D eigenvalue weighted by Gasteiger charge is -2.28. The maximum Gasteiger partial charge on any atom is 0.223 e. The van der Waals surface area contributed by atoms with Crippen molar-refractivity contribution < 1.29 is 4.79 Å². The van der Waals surface area contributed by atoms with Gasteiger partial charge in [-0.15, -0.1) is 0 Å². The highest BCUT2D eigenvalue weighted by Crippen LogP contribution is 2.16. The number of piperidine rings is 1. The summed E-state index contributed by atoms with van der Waals surface area (Å²) in [4.78, 5) is 12.0. The summed E-state index contributed by atoms with van der Waals surface area (Å²) in [5, 5.41) is 6.53. The molecule has 1 amide bonds. The van der Waals surface area contributed by atoms with Crippen LogP contribution in [0.1, 0.15) is 40.0 Å². The van der Waals surface area contributed by atoms with Gasteiger partial charge in [0.15, 0.2) is 0 Å². The van der Waals surface area contributed by atoms with Gasteiger partial charge in [-0.05, 0) is 51.2 Å². The van der Waals surface area contributed by atoms with Gasteiger partial charge in [-0.25, -0.2) is 0 Å². The molecule has 0 spiro atoms. The van der Waals surface area contributed by atoms with Crippen LogP contribution >= 0.6 is 11.8 Å². The highest BCUT2D eigenvalue weighted by atomic mass is 32.2. The number of hydrogen-bond acceptors (Lipinski definition) is 3. The Labute approximate surface area is 109 Å². The van der Waals surface area contributed by atoms with Gasteiger partial charge in [0.05, 0.1) is 0 Å². The molecule has 0 aromatic heterocycles. The molecule has 100 valence electrons. The zero-order chi connectivity index (χ0) is 12.7. The summed E-state index contributed by atoms with van der Waals surface area (Å²) in [6.45, 7) is 7.41. The second-order valence-corrected chi connectivity index (χ2v) is 6.37. The molecular formula is C13H26N2OS. The van der Waals surface area contributed by atoms with Crippen molar-refractivity contribution in [2.75, 3.05) is 18.1 Å². The van der Waals surface area contributed by atoms with E-state index in [-0.39, 0.29) is 11.8 Å². The number of rotatable bonds is 6. The van der Waals surface area contributed by atoms with Crippen LogP contribution in [0.25, 0.3) is 0 Å². The summed E-state index contributed by atoms with van der Waals surface area (Å²) in [7, 11) is 0. The van der Waals surface area contributed by atoms with Gasteiger partial charge in [0, 0.05) is 18.0 Å². The molecule has 0 aromatic carbocycles. The van der Waals surface area contributed by atoms with Gasteiger partial charge < -0.3 is 10.6 Å². The molecule has 3 atom stereocenters. The monoisotopic (exact) mass is 258 g/mol. The predicted molar refractivity (Wildman–Crippen MR) is 75.4 cm³/mol. The minimum absolute atomic E-state index is 0.215. The lowest BCUT2D eigenvalue weighted by atomic mass is 9.92. The molecule has 0 aromatic rings. The van der Waals surface area contributed by atoms with E-state index in [0.29, 0.717) is 12.1 Å². The first kappa shape index (κ1) is 14.8. The smallest absolute Gasteiger partial charge is 0.223 e. The molecular weight excluding hydrogens is 232 g/mol. The van der Waals surface area contributed by atoms with E-state index in [1.165, 1.54) is 0 Å². The third-order valence-electron chi connectivity index (χ3n) is 3.28. The third-order valence-corrected chi connectivity index (χ3v) is 4.22. The molecule has 2 N–H and O–H groups in total. The fraction of sp³-hybridized carbons (Fsp3) is 0.923. The molecule has 3 nitrogen and oxygen atoms in total. The van der Waals surface area contributed by atoms with Crippen molar-refractivity contribution in [1.29, 1.82) is 0 Å². The Morgan fingerprint density at radius 3 is 3.00 bits per heavy atom. The molecule has 4 heteroatoms. The van der Waals surface area contributed by atoms with Crippen molar-refractivity contribution in [3.63, 3.8) is 0 Å². The zero-order valence-corrected chi connectivity index (χ0v) is 12.1. The maximum absolute atomic E-state index is 12.0. The second kappa shape index (κ2) is 7.98. The SMILES string of the molecule is CCSCCC(C)NC(=O)[C@H]1CCN[C@@H](C)C1. The van der Waals surface area contributed by atoms with E-state index in [2.05, 4.69) is 31.4 Å². The summed E-state index contributed by atoms with van der Waals surface area (Å²) in [5.74, 6) is 2.77. The van der Waals surface area contributed by atoms with E-state index in [1.807, 2.05) is 11.8 Å². The Kier molecular flexibility index (Phi) is 6.97. The minimum atomic E-state index is 0.215. The fourth-order valence-electron chi connectivity index (χ4n) is 2.21. The van der Waals surface area contributed by atoms with Crippen LogP contribution in [0.5, 0.6) is 0 Å². The highest BCUT2D eigenvalue weighted by molar-refractivity contribution is 7.99. The molecule has 1 aliphatic rings. The normalized spacial score (nSPS) is 26.5. The molecule has 0 bridgehead atoms. The molecule has 0 radical (unpaired) electrons. The van der Waals surface area contributed by atoms with E-state index in [4.69, 9.17) is 0 Å². The maximum atomic E-state index is 12.0. The molecule has 1 heterocycles. The Morgan fingerprint density at radius 2 is 2.35 bits per heavy atom. The van der Waals surface area contributed by atoms with Gasteiger partial charge in [0.2, 0.25) is 5.91 Å². The first-order chi connectivity index (χ1) is 8.13. The lowest BCUT2D eigenvalue weighted by molar-refractivity contribution is -0.126. The Bertz CT molecular complexity index is 235. The largest absolute Gasteiger partial charge is 0.353 e. The van der Waals surface area contributed by atoms with Crippen LogP contribution in [0.2, 0.25) is 0 Å². The lowest BCUT2D eigenvalue weighted by Crippen LogP contribution is -2.44.